The second-order valence-corrected chi connectivity index (χ2v) is 3.84. The first-order chi connectivity index (χ1) is 7.34. The Balaban J connectivity index is 3.20. The maximum atomic E-state index is 13.0. The second-order valence-electron chi connectivity index (χ2n) is 3.46. The molecular weight excluding hydrogens is 240 g/mol. The molecule has 0 amide bonds. The highest BCUT2D eigenvalue weighted by atomic mass is 35.5. The summed E-state index contributed by atoms with van der Waals surface area (Å²) in [7, 11) is 0. The van der Waals surface area contributed by atoms with Crippen LogP contribution in [0.5, 0.6) is 0 Å². The fourth-order valence-corrected chi connectivity index (χ4v) is 1.23. The van der Waals surface area contributed by atoms with E-state index in [0.29, 0.717) is 0 Å². The number of carbonyl (C=O) groups excluding carboxylic acids is 1. The molecule has 0 aromatic carbocycles. The average Bonchev–Trinajstić information content (AvgIpc) is 2.19. The van der Waals surface area contributed by atoms with Crippen LogP contribution in [0.15, 0.2) is 0 Å². The molecule has 0 aliphatic rings. The van der Waals surface area contributed by atoms with E-state index in [0.717, 1.165) is 0 Å². The zero-order chi connectivity index (χ0) is 12.5. The Morgan fingerprint density at radius 3 is 2.50 bits per heavy atom. The van der Waals surface area contributed by atoms with Gasteiger partial charge in [-0.15, -0.1) is 0 Å². The lowest BCUT2D eigenvalue weighted by Gasteiger charge is -2.10. The van der Waals surface area contributed by atoms with E-state index in [1.165, 1.54) is 6.92 Å². The maximum Gasteiger partial charge on any atom is 0.358 e. The molecule has 0 bridgehead atoms. The minimum Gasteiger partial charge on any atom is -0.458 e. The largest absolute Gasteiger partial charge is 0.458 e. The molecule has 1 rings (SSSR count). The van der Waals surface area contributed by atoms with Crippen molar-refractivity contribution >= 4 is 17.6 Å². The van der Waals surface area contributed by atoms with Gasteiger partial charge in [-0.2, -0.15) is 4.39 Å². The summed E-state index contributed by atoms with van der Waals surface area (Å²) in [6.45, 7) is 4.51. The number of rotatable bonds is 2. The molecule has 0 unspecified atom stereocenters. The van der Waals surface area contributed by atoms with Gasteiger partial charge in [-0.25, -0.2) is 14.2 Å². The van der Waals surface area contributed by atoms with Crippen molar-refractivity contribution in [3.05, 3.63) is 28.0 Å². The average molecular weight is 250 g/mol. The van der Waals surface area contributed by atoms with Crippen LogP contribution in [0.1, 0.15) is 29.9 Å². The number of halogens is 3. The highest BCUT2D eigenvalue weighted by Crippen LogP contribution is 2.23. The molecule has 0 saturated heterocycles. The molecule has 0 aliphatic heterocycles. The quantitative estimate of drug-likeness (QED) is 0.598. The van der Waals surface area contributed by atoms with E-state index < -0.39 is 29.5 Å². The molecule has 0 N–H and O–H groups in total. The zero-order valence-electron chi connectivity index (χ0n) is 8.97. The van der Waals surface area contributed by atoms with Crippen molar-refractivity contribution in [3.63, 3.8) is 0 Å². The number of ether oxygens (including phenoxy) is 1. The Kier molecular flexibility index (Phi) is 3.80. The van der Waals surface area contributed by atoms with E-state index in [-0.39, 0.29) is 10.6 Å². The van der Waals surface area contributed by atoms with Crippen LogP contribution in [0.4, 0.5) is 8.78 Å². The number of carbonyl (C=O) groups is 1. The van der Waals surface area contributed by atoms with E-state index in [2.05, 4.69) is 4.98 Å². The van der Waals surface area contributed by atoms with Crippen LogP contribution < -0.4 is 0 Å². The first kappa shape index (κ1) is 12.8. The fraction of sp³-hybridized carbons (Fsp3) is 0.400. The highest BCUT2D eigenvalue weighted by Gasteiger charge is 2.22. The molecule has 0 saturated carbocycles. The van der Waals surface area contributed by atoms with Crippen LogP contribution >= 0.6 is 11.6 Å². The van der Waals surface area contributed by atoms with Crippen LogP contribution in [0.3, 0.4) is 0 Å². The number of aromatic nitrogens is 1. The van der Waals surface area contributed by atoms with Crippen LogP contribution in [-0.2, 0) is 4.74 Å². The Morgan fingerprint density at radius 2 is 2.00 bits per heavy atom. The van der Waals surface area contributed by atoms with Gasteiger partial charge in [0, 0.05) is 5.56 Å². The monoisotopic (exact) mass is 249 g/mol. The summed E-state index contributed by atoms with van der Waals surface area (Å²) in [4.78, 5) is 14.6. The van der Waals surface area contributed by atoms with Crippen molar-refractivity contribution in [1.82, 2.24) is 4.98 Å². The van der Waals surface area contributed by atoms with Crippen molar-refractivity contribution in [3.8, 4) is 0 Å². The van der Waals surface area contributed by atoms with Gasteiger partial charge in [0.05, 0.1) is 11.1 Å². The van der Waals surface area contributed by atoms with Crippen molar-refractivity contribution in [2.75, 3.05) is 0 Å². The van der Waals surface area contributed by atoms with E-state index >= 15 is 0 Å². The Morgan fingerprint density at radius 1 is 1.44 bits per heavy atom. The van der Waals surface area contributed by atoms with Gasteiger partial charge in [-0.05, 0) is 20.8 Å². The van der Waals surface area contributed by atoms with Gasteiger partial charge in [0.15, 0.2) is 11.5 Å². The molecule has 6 heteroatoms. The van der Waals surface area contributed by atoms with E-state index in [4.69, 9.17) is 16.3 Å². The molecule has 0 aliphatic carbocycles. The SMILES string of the molecule is Cc1c(F)c(F)nc(C(=O)OC(C)C)c1Cl. The van der Waals surface area contributed by atoms with E-state index in [1.54, 1.807) is 13.8 Å². The summed E-state index contributed by atoms with van der Waals surface area (Å²) < 4.78 is 30.8. The highest BCUT2D eigenvalue weighted by molar-refractivity contribution is 6.34. The number of hydrogen-bond acceptors (Lipinski definition) is 3. The van der Waals surface area contributed by atoms with Gasteiger partial charge in [-0.3, -0.25) is 0 Å². The molecule has 0 atom stereocenters. The molecule has 88 valence electrons. The number of nitrogens with zero attached hydrogens (tertiary/aromatic N) is 1. The summed E-state index contributed by atoms with van der Waals surface area (Å²) in [5, 5.41) is -0.232. The zero-order valence-corrected chi connectivity index (χ0v) is 9.73. The van der Waals surface area contributed by atoms with Crippen LogP contribution in [0.2, 0.25) is 5.02 Å². The summed E-state index contributed by atoms with van der Waals surface area (Å²) >= 11 is 5.68. The maximum absolute atomic E-state index is 13.0. The molecule has 0 fully saturated rings. The van der Waals surface area contributed by atoms with Crippen molar-refractivity contribution < 1.29 is 18.3 Å². The smallest absolute Gasteiger partial charge is 0.358 e. The van der Waals surface area contributed by atoms with Gasteiger partial charge in [-0.1, -0.05) is 11.6 Å². The van der Waals surface area contributed by atoms with Crippen molar-refractivity contribution in [1.29, 1.82) is 0 Å². The lowest BCUT2D eigenvalue weighted by atomic mass is 10.2. The molecule has 0 spiro atoms. The fourth-order valence-electron chi connectivity index (χ4n) is 1.03. The minimum atomic E-state index is -1.36. The third-order valence-corrected chi connectivity index (χ3v) is 2.26. The third kappa shape index (κ3) is 2.47. The summed E-state index contributed by atoms with van der Waals surface area (Å²) in [6.07, 6.45) is -0.390. The second kappa shape index (κ2) is 4.74. The first-order valence-corrected chi connectivity index (χ1v) is 4.94. The number of hydrogen-bond donors (Lipinski definition) is 0. The Bertz CT molecular complexity index is 435. The molecule has 3 nitrogen and oxygen atoms in total. The number of pyridine rings is 1. The van der Waals surface area contributed by atoms with Crippen molar-refractivity contribution in [2.45, 2.75) is 26.9 Å². The van der Waals surface area contributed by atoms with Gasteiger partial charge in [0.25, 0.3) is 0 Å². The molecular formula is C10H10ClF2NO2. The van der Waals surface area contributed by atoms with Gasteiger partial charge < -0.3 is 4.74 Å². The van der Waals surface area contributed by atoms with Gasteiger partial charge in [0.1, 0.15) is 0 Å². The van der Waals surface area contributed by atoms with Gasteiger partial charge in [0.2, 0.25) is 5.95 Å². The molecule has 0 radical (unpaired) electrons. The predicted molar refractivity (Wildman–Crippen MR) is 54.5 cm³/mol. The lowest BCUT2D eigenvalue weighted by molar-refractivity contribution is 0.0369. The van der Waals surface area contributed by atoms with Crippen LogP contribution in [0.25, 0.3) is 0 Å². The molecule has 1 aromatic rings. The normalized spacial score (nSPS) is 10.7. The van der Waals surface area contributed by atoms with Crippen LogP contribution in [0, 0.1) is 18.7 Å². The Labute approximate surface area is 96.4 Å². The summed E-state index contributed by atoms with van der Waals surface area (Å²) in [6, 6.07) is 0. The van der Waals surface area contributed by atoms with E-state index in [9.17, 15) is 13.6 Å². The molecule has 1 heterocycles. The minimum absolute atomic E-state index is 0.162. The lowest BCUT2D eigenvalue weighted by Crippen LogP contribution is -2.15. The molecule has 1 aromatic heterocycles. The Hall–Kier alpha value is -1.23. The van der Waals surface area contributed by atoms with Crippen molar-refractivity contribution in [2.24, 2.45) is 0 Å². The standard InChI is InChI=1S/C10H10ClF2NO2/c1-4(2)16-10(15)8-6(11)5(3)7(12)9(13)14-8/h4H,1-3H3. The topological polar surface area (TPSA) is 39.2 Å². The summed E-state index contributed by atoms with van der Waals surface area (Å²) in [5.41, 5.74) is -0.573. The third-order valence-electron chi connectivity index (χ3n) is 1.79. The van der Waals surface area contributed by atoms with Gasteiger partial charge >= 0.3 is 5.97 Å². The van der Waals surface area contributed by atoms with Crippen LogP contribution in [-0.4, -0.2) is 17.1 Å². The predicted octanol–water partition coefficient (Wildman–Crippen LogP) is 2.89. The first-order valence-electron chi connectivity index (χ1n) is 4.56. The number of esters is 1. The molecule has 16 heavy (non-hydrogen) atoms. The summed E-state index contributed by atoms with van der Waals surface area (Å²) in [5.74, 6) is -3.40. The van der Waals surface area contributed by atoms with E-state index in [1.807, 2.05) is 0 Å².